The molecule has 2 rings (SSSR count). The van der Waals surface area contributed by atoms with Crippen LogP contribution in [0.5, 0.6) is 0 Å². The number of hydrogen-bond donors (Lipinski definition) is 0. The number of thiazole rings is 1. The van der Waals surface area contributed by atoms with Crippen molar-refractivity contribution in [3.63, 3.8) is 0 Å². The van der Waals surface area contributed by atoms with E-state index in [1.807, 2.05) is 0 Å². The van der Waals surface area contributed by atoms with Gasteiger partial charge in [0.05, 0.1) is 10.0 Å². The second-order valence-electron chi connectivity index (χ2n) is 2.53. The summed E-state index contributed by atoms with van der Waals surface area (Å²) in [5.74, 6) is 0. The van der Waals surface area contributed by atoms with Crippen LogP contribution in [-0.4, -0.2) is 4.98 Å². The van der Waals surface area contributed by atoms with Crippen LogP contribution in [0.25, 0.3) is 10.6 Å². The number of benzene rings is 1. The van der Waals surface area contributed by atoms with Crippen LogP contribution in [0.2, 0.25) is 15.1 Å². The van der Waals surface area contributed by atoms with Crippen molar-refractivity contribution in [1.82, 2.24) is 4.98 Å². The van der Waals surface area contributed by atoms with Crippen LogP contribution in [-0.2, 0) is 0 Å². The van der Waals surface area contributed by atoms with E-state index in [-0.39, 0.29) is 0 Å². The Labute approximate surface area is 100 Å². The Bertz CT molecular complexity index is 430. The molecule has 0 N–H and O–H groups in total. The average molecular weight is 264 g/mol. The highest BCUT2D eigenvalue weighted by atomic mass is 35.5. The topological polar surface area (TPSA) is 12.9 Å². The quantitative estimate of drug-likeness (QED) is 0.734. The maximum atomic E-state index is 6.01. The minimum Gasteiger partial charge on any atom is -0.234 e. The molecule has 1 aromatic heterocycles. The van der Waals surface area contributed by atoms with Gasteiger partial charge in [0, 0.05) is 16.0 Å². The minimum absolute atomic E-state index is 0.505. The third-order valence-electron chi connectivity index (χ3n) is 1.61. The lowest BCUT2D eigenvalue weighted by Crippen LogP contribution is -1.80. The Morgan fingerprint density at radius 2 is 1.79 bits per heavy atom. The van der Waals surface area contributed by atoms with Crippen molar-refractivity contribution >= 4 is 46.1 Å². The van der Waals surface area contributed by atoms with Crippen LogP contribution >= 0.6 is 46.1 Å². The fourth-order valence-electron chi connectivity index (χ4n) is 1.05. The van der Waals surface area contributed by atoms with E-state index < -0.39 is 0 Å². The first-order valence-electron chi connectivity index (χ1n) is 3.65. The number of nitrogens with zero attached hydrogens (tertiary/aromatic N) is 1. The van der Waals surface area contributed by atoms with Gasteiger partial charge < -0.3 is 0 Å². The van der Waals surface area contributed by atoms with E-state index in [1.54, 1.807) is 17.5 Å². The van der Waals surface area contributed by atoms with Crippen molar-refractivity contribution in [2.45, 2.75) is 0 Å². The molecular weight excluding hydrogens is 261 g/mol. The molecule has 1 radical (unpaired) electrons. The molecule has 0 amide bonds. The highest BCUT2D eigenvalue weighted by Crippen LogP contribution is 2.37. The molecule has 0 aliphatic rings. The number of aromatic nitrogens is 1. The van der Waals surface area contributed by atoms with Gasteiger partial charge in [0.15, 0.2) is 0 Å². The molecule has 0 saturated carbocycles. The first-order chi connectivity index (χ1) is 6.68. The standard InChI is InChI=1S/C9H3Cl3NS/c10-5-3-6(11)8(7(12)4-5)9-13-1-2-14-9/h2-4H. The van der Waals surface area contributed by atoms with Crippen molar-refractivity contribution in [1.29, 1.82) is 0 Å². The molecule has 0 atom stereocenters. The summed E-state index contributed by atoms with van der Waals surface area (Å²) in [5.41, 5.74) is 0.712. The monoisotopic (exact) mass is 262 g/mol. The lowest BCUT2D eigenvalue weighted by molar-refractivity contribution is 1.40. The Kier molecular flexibility index (Phi) is 2.98. The molecule has 1 heterocycles. The van der Waals surface area contributed by atoms with E-state index in [0.717, 1.165) is 5.01 Å². The third-order valence-corrected chi connectivity index (χ3v) is 3.17. The number of hydrogen-bond acceptors (Lipinski definition) is 2. The van der Waals surface area contributed by atoms with Gasteiger partial charge in [-0.25, -0.2) is 4.98 Å². The summed E-state index contributed by atoms with van der Waals surface area (Å²) >= 11 is 19.2. The Morgan fingerprint density at radius 3 is 2.29 bits per heavy atom. The first kappa shape index (κ1) is 10.2. The second-order valence-corrected chi connectivity index (χ2v) is 4.64. The van der Waals surface area contributed by atoms with Gasteiger partial charge in [0.25, 0.3) is 0 Å². The predicted octanol–water partition coefficient (Wildman–Crippen LogP) is 4.57. The summed E-state index contributed by atoms with van der Waals surface area (Å²) in [6.45, 7) is 0. The van der Waals surface area contributed by atoms with Gasteiger partial charge in [-0.3, -0.25) is 0 Å². The fraction of sp³-hybridized carbons (Fsp3) is 0. The largest absolute Gasteiger partial charge is 0.234 e. The summed E-state index contributed by atoms with van der Waals surface area (Å²) in [6, 6.07) is 3.29. The van der Waals surface area contributed by atoms with Crippen molar-refractivity contribution < 1.29 is 0 Å². The zero-order chi connectivity index (χ0) is 10.1. The van der Waals surface area contributed by atoms with Gasteiger partial charge in [-0.05, 0) is 12.1 Å². The molecule has 1 aromatic carbocycles. The van der Waals surface area contributed by atoms with E-state index >= 15 is 0 Å². The summed E-state index contributed by atoms with van der Waals surface area (Å²) in [5, 5.41) is 4.02. The molecular formula is C9H3Cl3NS. The SMILES string of the molecule is Clc1cc(Cl)c(-c2n[c]cs2)c(Cl)c1. The molecule has 5 heteroatoms. The molecule has 0 aliphatic carbocycles. The molecule has 0 spiro atoms. The zero-order valence-corrected chi connectivity index (χ0v) is 9.81. The molecule has 0 fully saturated rings. The van der Waals surface area contributed by atoms with Crippen molar-refractivity contribution in [3.8, 4) is 10.6 Å². The van der Waals surface area contributed by atoms with E-state index in [1.165, 1.54) is 11.3 Å². The third kappa shape index (κ3) is 1.89. The van der Waals surface area contributed by atoms with Gasteiger partial charge in [0.2, 0.25) is 0 Å². The summed E-state index contributed by atoms with van der Waals surface area (Å²) < 4.78 is 0. The maximum Gasteiger partial charge on any atom is 0.127 e. The van der Waals surface area contributed by atoms with E-state index in [2.05, 4.69) is 11.2 Å². The molecule has 0 aliphatic heterocycles. The molecule has 0 saturated heterocycles. The fourth-order valence-corrected chi connectivity index (χ4v) is 2.82. The van der Waals surface area contributed by atoms with Crippen molar-refractivity contribution in [2.24, 2.45) is 0 Å². The minimum atomic E-state index is 0.505. The highest BCUT2D eigenvalue weighted by Gasteiger charge is 2.11. The summed E-state index contributed by atoms with van der Waals surface area (Å²) in [6.07, 6.45) is 2.72. The van der Waals surface area contributed by atoms with Crippen LogP contribution in [0.1, 0.15) is 0 Å². The number of halogens is 3. The van der Waals surface area contributed by atoms with Crippen LogP contribution in [0.4, 0.5) is 0 Å². The Hall–Kier alpha value is -0.280. The second kappa shape index (κ2) is 4.07. The van der Waals surface area contributed by atoms with E-state index in [0.29, 0.717) is 20.6 Å². The molecule has 1 nitrogen and oxygen atoms in total. The summed E-state index contributed by atoms with van der Waals surface area (Å²) in [7, 11) is 0. The van der Waals surface area contributed by atoms with Crippen LogP contribution in [0, 0.1) is 6.20 Å². The lowest BCUT2D eigenvalue weighted by Gasteiger charge is -2.03. The van der Waals surface area contributed by atoms with Crippen LogP contribution < -0.4 is 0 Å². The highest BCUT2D eigenvalue weighted by molar-refractivity contribution is 7.13. The predicted molar refractivity (Wildman–Crippen MR) is 61.4 cm³/mol. The molecule has 0 bridgehead atoms. The van der Waals surface area contributed by atoms with E-state index in [4.69, 9.17) is 34.8 Å². The van der Waals surface area contributed by atoms with Crippen LogP contribution in [0.3, 0.4) is 0 Å². The first-order valence-corrected chi connectivity index (χ1v) is 5.66. The molecule has 14 heavy (non-hydrogen) atoms. The number of rotatable bonds is 1. The molecule has 0 unspecified atom stereocenters. The van der Waals surface area contributed by atoms with Gasteiger partial charge in [-0.2, -0.15) is 0 Å². The average Bonchev–Trinajstić information content (AvgIpc) is 2.54. The summed E-state index contributed by atoms with van der Waals surface area (Å²) in [4.78, 5) is 4.02. The van der Waals surface area contributed by atoms with Gasteiger partial charge in [-0.15, -0.1) is 11.3 Å². The van der Waals surface area contributed by atoms with Gasteiger partial charge in [-0.1, -0.05) is 34.8 Å². The molecule has 71 valence electrons. The van der Waals surface area contributed by atoms with Crippen molar-refractivity contribution in [3.05, 3.63) is 38.8 Å². The Balaban J connectivity index is 2.64. The zero-order valence-electron chi connectivity index (χ0n) is 6.72. The smallest absolute Gasteiger partial charge is 0.127 e. The lowest BCUT2D eigenvalue weighted by atomic mass is 10.2. The van der Waals surface area contributed by atoms with Crippen LogP contribution in [0.15, 0.2) is 17.5 Å². The Morgan fingerprint density at radius 1 is 1.14 bits per heavy atom. The van der Waals surface area contributed by atoms with Gasteiger partial charge in [0.1, 0.15) is 11.2 Å². The van der Waals surface area contributed by atoms with Gasteiger partial charge >= 0.3 is 0 Å². The van der Waals surface area contributed by atoms with Crippen molar-refractivity contribution in [2.75, 3.05) is 0 Å². The normalized spacial score (nSPS) is 10.5. The molecule has 2 aromatic rings. The van der Waals surface area contributed by atoms with E-state index in [9.17, 15) is 0 Å². The maximum absolute atomic E-state index is 6.01.